The third kappa shape index (κ3) is 3.93. The fourth-order valence-electron chi connectivity index (χ4n) is 2.22. The first-order chi connectivity index (χ1) is 11.2. The Kier molecular flexibility index (Phi) is 4.64. The van der Waals surface area contributed by atoms with Crippen molar-refractivity contribution < 1.29 is 14.2 Å². The maximum absolute atomic E-state index is 13.1. The quantitative estimate of drug-likeness (QED) is 0.775. The van der Waals surface area contributed by atoms with Crippen LogP contribution in [0.1, 0.15) is 11.1 Å². The first-order valence-corrected chi connectivity index (χ1v) is 7.29. The molecule has 2 aromatic carbocycles. The monoisotopic (exact) mass is 309 g/mol. The molecule has 0 radical (unpaired) electrons. The molecule has 3 rings (SSSR count). The zero-order chi connectivity index (χ0) is 16.1. The van der Waals surface area contributed by atoms with Crippen LogP contribution in [-0.4, -0.2) is 10.1 Å². The zero-order valence-electron chi connectivity index (χ0n) is 12.4. The Bertz CT molecular complexity index is 773. The lowest BCUT2D eigenvalue weighted by Gasteiger charge is -2.10. The van der Waals surface area contributed by atoms with Crippen molar-refractivity contribution in [3.63, 3.8) is 0 Å². The Morgan fingerprint density at radius 1 is 0.913 bits per heavy atom. The van der Waals surface area contributed by atoms with E-state index in [1.54, 1.807) is 24.3 Å². The SMILES string of the molecule is OCc1cc(OCc2ccccc2)nc(-c2ccc(F)cc2)c1. The van der Waals surface area contributed by atoms with Gasteiger partial charge in [0, 0.05) is 11.6 Å². The van der Waals surface area contributed by atoms with Crippen LogP contribution >= 0.6 is 0 Å². The number of aliphatic hydroxyl groups is 1. The summed E-state index contributed by atoms with van der Waals surface area (Å²) in [5.74, 6) is 0.132. The molecular formula is C19H16FNO2. The van der Waals surface area contributed by atoms with E-state index in [0.717, 1.165) is 11.1 Å². The topological polar surface area (TPSA) is 42.4 Å². The Balaban J connectivity index is 1.85. The third-order valence-electron chi connectivity index (χ3n) is 3.41. The minimum Gasteiger partial charge on any atom is -0.473 e. The molecule has 0 atom stereocenters. The molecule has 1 aromatic heterocycles. The van der Waals surface area contributed by atoms with Crippen molar-refractivity contribution in [2.24, 2.45) is 0 Å². The molecule has 0 unspecified atom stereocenters. The van der Waals surface area contributed by atoms with Crippen molar-refractivity contribution in [3.8, 4) is 17.1 Å². The van der Waals surface area contributed by atoms with E-state index in [0.29, 0.717) is 23.7 Å². The van der Waals surface area contributed by atoms with E-state index in [1.165, 1.54) is 12.1 Å². The van der Waals surface area contributed by atoms with Gasteiger partial charge in [-0.25, -0.2) is 9.37 Å². The van der Waals surface area contributed by atoms with Gasteiger partial charge in [0.25, 0.3) is 0 Å². The standard InChI is InChI=1S/C19H16FNO2/c20-17-8-6-16(7-9-17)18-10-15(12-22)11-19(21-18)23-13-14-4-2-1-3-5-14/h1-11,22H,12-13H2. The highest BCUT2D eigenvalue weighted by Gasteiger charge is 2.06. The predicted octanol–water partition coefficient (Wildman–Crippen LogP) is 3.96. The Labute approximate surface area is 134 Å². The van der Waals surface area contributed by atoms with Gasteiger partial charge < -0.3 is 9.84 Å². The third-order valence-corrected chi connectivity index (χ3v) is 3.41. The molecule has 4 heteroatoms. The lowest BCUT2D eigenvalue weighted by molar-refractivity contribution is 0.275. The molecule has 1 heterocycles. The molecule has 0 saturated carbocycles. The predicted molar refractivity (Wildman–Crippen MR) is 86.3 cm³/mol. The maximum atomic E-state index is 13.1. The molecule has 0 bridgehead atoms. The molecular weight excluding hydrogens is 293 g/mol. The summed E-state index contributed by atoms with van der Waals surface area (Å²) in [5, 5.41) is 9.42. The number of aliphatic hydroxyl groups excluding tert-OH is 1. The molecule has 0 aliphatic rings. The summed E-state index contributed by atoms with van der Waals surface area (Å²) in [7, 11) is 0. The molecule has 3 aromatic rings. The molecule has 0 fully saturated rings. The van der Waals surface area contributed by atoms with Crippen molar-refractivity contribution in [2.45, 2.75) is 13.2 Å². The van der Waals surface area contributed by atoms with Crippen LogP contribution in [0.4, 0.5) is 4.39 Å². The second-order valence-electron chi connectivity index (χ2n) is 5.14. The van der Waals surface area contributed by atoms with Crippen LogP contribution in [0.2, 0.25) is 0 Å². The van der Waals surface area contributed by atoms with Gasteiger partial charge in [0.2, 0.25) is 5.88 Å². The molecule has 1 N–H and O–H groups in total. The average Bonchev–Trinajstić information content (AvgIpc) is 2.61. The van der Waals surface area contributed by atoms with E-state index < -0.39 is 0 Å². The highest BCUT2D eigenvalue weighted by Crippen LogP contribution is 2.23. The van der Waals surface area contributed by atoms with Gasteiger partial charge >= 0.3 is 0 Å². The number of ether oxygens (including phenoxy) is 1. The second kappa shape index (κ2) is 7.03. The largest absolute Gasteiger partial charge is 0.473 e. The summed E-state index contributed by atoms with van der Waals surface area (Å²) in [6, 6.07) is 19.3. The van der Waals surface area contributed by atoms with Crippen LogP contribution in [0.3, 0.4) is 0 Å². The van der Waals surface area contributed by atoms with Crippen molar-refractivity contribution in [1.29, 1.82) is 0 Å². The zero-order valence-corrected chi connectivity index (χ0v) is 12.4. The van der Waals surface area contributed by atoms with Gasteiger partial charge in [-0.1, -0.05) is 30.3 Å². The van der Waals surface area contributed by atoms with Crippen LogP contribution in [0, 0.1) is 5.82 Å². The van der Waals surface area contributed by atoms with E-state index in [1.807, 2.05) is 30.3 Å². The minimum atomic E-state index is -0.299. The minimum absolute atomic E-state index is 0.113. The van der Waals surface area contributed by atoms with Gasteiger partial charge in [-0.05, 0) is 41.5 Å². The van der Waals surface area contributed by atoms with Crippen LogP contribution < -0.4 is 4.74 Å². The molecule has 0 saturated heterocycles. The first kappa shape index (κ1) is 15.2. The van der Waals surface area contributed by atoms with E-state index in [2.05, 4.69) is 4.98 Å². The fraction of sp³-hybridized carbons (Fsp3) is 0.105. The van der Waals surface area contributed by atoms with E-state index in [4.69, 9.17) is 4.74 Å². The van der Waals surface area contributed by atoms with Crippen molar-refractivity contribution in [1.82, 2.24) is 4.98 Å². The van der Waals surface area contributed by atoms with Gasteiger partial charge in [0.15, 0.2) is 0 Å². The van der Waals surface area contributed by atoms with E-state index in [9.17, 15) is 9.50 Å². The number of rotatable bonds is 5. The number of hydrogen-bond acceptors (Lipinski definition) is 3. The van der Waals surface area contributed by atoms with Crippen molar-refractivity contribution in [2.75, 3.05) is 0 Å². The normalized spacial score (nSPS) is 10.5. The number of halogens is 1. The van der Waals surface area contributed by atoms with Gasteiger partial charge in [-0.3, -0.25) is 0 Å². The summed E-state index contributed by atoms with van der Waals surface area (Å²) in [5.41, 5.74) is 3.14. The summed E-state index contributed by atoms with van der Waals surface area (Å²) in [6.45, 7) is 0.282. The highest BCUT2D eigenvalue weighted by molar-refractivity contribution is 5.60. The van der Waals surface area contributed by atoms with Gasteiger partial charge in [-0.2, -0.15) is 0 Å². The van der Waals surface area contributed by atoms with Gasteiger partial charge in [-0.15, -0.1) is 0 Å². The first-order valence-electron chi connectivity index (χ1n) is 7.29. The van der Waals surface area contributed by atoms with E-state index >= 15 is 0 Å². The Morgan fingerprint density at radius 2 is 1.65 bits per heavy atom. The summed E-state index contributed by atoms with van der Waals surface area (Å²) in [6.07, 6.45) is 0. The van der Waals surface area contributed by atoms with Crippen molar-refractivity contribution >= 4 is 0 Å². The van der Waals surface area contributed by atoms with Crippen LogP contribution in [0.15, 0.2) is 66.7 Å². The van der Waals surface area contributed by atoms with Crippen LogP contribution in [-0.2, 0) is 13.2 Å². The van der Waals surface area contributed by atoms with Crippen molar-refractivity contribution in [3.05, 3.63) is 83.7 Å². The van der Waals surface area contributed by atoms with Crippen LogP contribution in [0.5, 0.6) is 5.88 Å². The number of hydrogen-bond donors (Lipinski definition) is 1. The van der Waals surface area contributed by atoms with E-state index in [-0.39, 0.29) is 12.4 Å². The Morgan fingerprint density at radius 3 is 2.35 bits per heavy atom. The summed E-state index contributed by atoms with van der Waals surface area (Å²) < 4.78 is 18.8. The molecule has 0 aliphatic carbocycles. The number of benzene rings is 2. The molecule has 0 aliphatic heterocycles. The van der Waals surface area contributed by atoms with Gasteiger partial charge in [0.05, 0.1) is 12.3 Å². The molecule has 0 spiro atoms. The molecule has 3 nitrogen and oxygen atoms in total. The molecule has 23 heavy (non-hydrogen) atoms. The highest BCUT2D eigenvalue weighted by atomic mass is 19.1. The lowest BCUT2D eigenvalue weighted by atomic mass is 10.1. The van der Waals surface area contributed by atoms with Gasteiger partial charge in [0.1, 0.15) is 12.4 Å². The number of pyridine rings is 1. The smallest absolute Gasteiger partial charge is 0.214 e. The fourth-order valence-corrected chi connectivity index (χ4v) is 2.22. The second-order valence-corrected chi connectivity index (χ2v) is 5.14. The number of nitrogens with zero attached hydrogens (tertiary/aromatic N) is 1. The molecule has 0 amide bonds. The lowest BCUT2D eigenvalue weighted by Crippen LogP contribution is -1.99. The summed E-state index contributed by atoms with van der Waals surface area (Å²) in [4.78, 5) is 4.44. The molecule has 116 valence electrons. The average molecular weight is 309 g/mol. The summed E-state index contributed by atoms with van der Waals surface area (Å²) >= 11 is 0. The van der Waals surface area contributed by atoms with Crippen LogP contribution in [0.25, 0.3) is 11.3 Å². The Hall–Kier alpha value is -2.72. The number of aromatic nitrogens is 1. The maximum Gasteiger partial charge on any atom is 0.214 e.